The number of rotatable bonds is 2. The summed E-state index contributed by atoms with van der Waals surface area (Å²) in [7, 11) is 2.15. The van der Waals surface area contributed by atoms with Crippen molar-refractivity contribution in [2.75, 3.05) is 0 Å². The van der Waals surface area contributed by atoms with E-state index in [-0.39, 0.29) is 0 Å². The Morgan fingerprint density at radius 3 is 2.28 bits per heavy atom. The Kier molecular flexibility index (Phi) is 2.35. The number of imidazole rings is 1. The number of nitrogens with zero attached hydrogens (tertiary/aromatic N) is 2. The molecule has 4 aliphatic rings. The lowest BCUT2D eigenvalue weighted by atomic mass is 9.51. The van der Waals surface area contributed by atoms with Crippen LogP contribution < -0.4 is 5.73 Å². The maximum Gasteiger partial charge on any atom is 0.112 e. The lowest BCUT2D eigenvalue weighted by Crippen LogP contribution is -2.44. The predicted octanol–water partition coefficient (Wildman–Crippen LogP) is 2.42. The molecule has 4 bridgehead atoms. The van der Waals surface area contributed by atoms with E-state index in [0.717, 1.165) is 35.3 Å². The van der Waals surface area contributed by atoms with Crippen LogP contribution in [0.5, 0.6) is 0 Å². The summed E-state index contributed by atoms with van der Waals surface area (Å²) < 4.78 is 2.25. The van der Waals surface area contributed by atoms with Crippen LogP contribution in [0.2, 0.25) is 0 Å². The molecule has 3 nitrogen and oxygen atoms in total. The molecule has 0 spiro atoms. The first kappa shape index (κ1) is 11.0. The molecule has 2 N–H and O–H groups in total. The molecule has 0 atom stereocenters. The third kappa shape index (κ3) is 1.49. The summed E-state index contributed by atoms with van der Waals surface area (Å²) >= 11 is 0. The maximum absolute atomic E-state index is 5.73. The molecular weight excluding hydrogens is 222 g/mol. The summed E-state index contributed by atoms with van der Waals surface area (Å²) in [5, 5.41) is 0. The van der Waals surface area contributed by atoms with Gasteiger partial charge in [-0.3, -0.25) is 0 Å². The van der Waals surface area contributed by atoms with Crippen LogP contribution in [-0.2, 0) is 13.6 Å². The van der Waals surface area contributed by atoms with Crippen LogP contribution >= 0.6 is 0 Å². The van der Waals surface area contributed by atoms with Gasteiger partial charge in [-0.15, -0.1) is 0 Å². The van der Waals surface area contributed by atoms with Crippen LogP contribution in [0.3, 0.4) is 0 Å². The van der Waals surface area contributed by atoms with Crippen molar-refractivity contribution in [2.45, 2.75) is 44.6 Å². The van der Waals surface area contributed by atoms with Gasteiger partial charge in [0.25, 0.3) is 0 Å². The molecule has 0 saturated heterocycles. The fraction of sp³-hybridized carbons (Fsp3) is 0.800. The highest BCUT2D eigenvalue weighted by atomic mass is 15.1. The Labute approximate surface area is 109 Å². The largest absolute Gasteiger partial charge is 0.337 e. The molecule has 1 aromatic heterocycles. The van der Waals surface area contributed by atoms with Crippen molar-refractivity contribution in [1.82, 2.24) is 9.55 Å². The first-order valence-electron chi connectivity index (χ1n) is 7.46. The minimum Gasteiger partial charge on any atom is -0.337 e. The number of aromatic nitrogens is 2. The van der Waals surface area contributed by atoms with Crippen LogP contribution in [0.25, 0.3) is 0 Å². The lowest BCUT2D eigenvalue weighted by Gasteiger charge is -2.54. The second-order valence-electron chi connectivity index (χ2n) is 6.86. The van der Waals surface area contributed by atoms with Crippen LogP contribution in [0.15, 0.2) is 6.20 Å². The van der Waals surface area contributed by atoms with Crippen LogP contribution in [-0.4, -0.2) is 9.55 Å². The molecule has 4 saturated carbocycles. The predicted molar refractivity (Wildman–Crippen MR) is 70.9 cm³/mol. The molecule has 5 rings (SSSR count). The lowest BCUT2D eigenvalue weighted by molar-refractivity contribution is -0.00650. The van der Waals surface area contributed by atoms with E-state index in [9.17, 15) is 0 Å². The summed E-state index contributed by atoms with van der Waals surface area (Å²) in [6.07, 6.45) is 9.49. The molecule has 1 heterocycles. The zero-order chi connectivity index (χ0) is 12.3. The van der Waals surface area contributed by atoms with Gasteiger partial charge in [0, 0.05) is 25.7 Å². The van der Waals surface area contributed by atoms with Crippen LogP contribution in [0, 0.1) is 23.7 Å². The SMILES string of the molecule is Cn1cc(CN)nc1C1C2CC3CC(C2)CC1C3. The highest BCUT2D eigenvalue weighted by molar-refractivity contribution is 5.15. The van der Waals surface area contributed by atoms with Gasteiger partial charge in [-0.2, -0.15) is 0 Å². The second kappa shape index (κ2) is 3.83. The van der Waals surface area contributed by atoms with E-state index in [1.165, 1.54) is 37.9 Å². The average molecular weight is 245 g/mol. The minimum atomic E-state index is 0.571. The maximum atomic E-state index is 5.73. The number of nitrogens with two attached hydrogens (primary N) is 1. The van der Waals surface area contributed by atoms with E-state index in [1.54, 1.807) is 0 Å². The molecule has 18 heavy (non-hydrogen) atoms. The smallest absolute Gasteiger partial charge is 0.112 e. The molecule has 0 aromatic carbocycles. The molecule has 0 unspecified atom stereocenters. The topological polar surface area (TPSA) is 43.8 Å². The summed E-state index contributed by atoms with van der Waals surface area (Å²) in [4.78, 5) is 4.81. The zero-order valence-corrected chi connectivity index (χ0v) is 11.2. The third-order valence-electron chi connectivity index (χ3n) is 5.70. The normalized spacial score (nSPS) is 41.6. The van der Waals surface area contributed by atoms with Crippen molar-refractivity contribution in [2.24, 2.45) is 36.5 Å². The van der Waals surface area contributed by atoms with E-state index < -0.39 is 0 Å². The Morgan fingerprint density at radius 1 is 1.17 bits per heavy atom. The van der Waals surface area contributed by atoms with Gasteiger partial charge in [-0.1, -0.05) is 0 Å². The summed E-state index contributed by atoms with van der Waals surface area (Å²) in [5.74, 6) is 5.95. The number of hydrogen-bond acceptors (Lipinski definition) is 2. The molecular formula is C15H23N3. The summed E-state index contributed by atoms with van der Waals surface area (Å²) in [5.41, 5.74) is 6.79. The van der Waals surface area contributed by atoms with E-state index in [1.807, 2.05) is 0 Å². The molecule has 0 radical (unpaired) electrons. The first-order chi connectivity index (χ1) is 8.74. The summed E-state index contributed by atoms with van der Waals surface area (Å²) in [6.45, 7) is 0.571. The van der Waals surface area contributed by atoms with Crippen LogP contribution in [0.4, 0.5) is 0 Å². The Morgan fingerprint density at radius 2 is 1.78 bits per heavy atom. The van der Waals surface area contributed by atoms with Gasteiger partial charge < -0.3 is 10.3 Å². The van der Waals surface area contributed by atoms with Gasteiger partial charge in [0.2, 0.25) is 0 Å². The van der Waals surface area contributed by atoms with E-state index >= 15 is 0 Å². The molecule has 0 aliphatic heterocycles. The molecule has 98 valence electrons. The number of hydrogen-bond donors (Lipinski definition) is 1. The van der Waals surface area contributed by atoms with E-state index in [2.05, 4.69) is 17.8 Å². The fourth-order valence-corrected chi connectivity index (χ4v) is 5.30. The quantitative estimate of drug-likeness (QED) is 0.869. The average Bonchev–Trinajstić information content (AvgIpc) is 2.69. The second-order valence-corrected chi connectivity index (χ2v) is 6.86. The highest BCUT2D eigenvalue weighted by Crippen LogP contribution is 2.59. The summed E-state index contributed by atoms with van der Waals surface area (Å²) in [6, 6.07) is 0. The van der Waals surface area contributed by atoms with Crippen LogP contribution in [0.1, 0.15) is 49.5 Å². The van der Waals surface area contributed by atoms with Gasteiger partial charge in [-0.25, -0.2) is 4.98 Å². The van der Waals surface area contributed by atoms with Gasteiger partial charge in [0.15, 0.2) is 0 Å². The monoisotopic (exact) mass is 245 g/mol. The minimum absolute atomic E-state index is 0.571. The molecule has 4 fully saturated rings. The molecule has 4 aliphatic carbocycles. The van der Waals surface area contributed by atoms with Gasteiger partial charge in [0.05, 0.1) is 5.69 Å². The molecule has 1 aromatic rings. The van der Waals surface area contributed by atoms with Crippen molar-refractivity contribution in [3.63, 3.8) is 0 Å². The molecule has 0 amide bonds. The van der Waals surface area contributed by atoms with Crippen molar-refractivity contribution in [3.8, 4) is 0 Å². The van der Waals surface area contributed by atoms with Crippen molar-refractivity contribution in [3.05, 3.63) is 17.7 Å². The molecule has 3 heteroatoms. The van der Waals surface area contributed by atoms with E-state index in [0.29, 0.717) is 6.54 Å². The third-order valence-corrected chi connectivity index (χ3v) is 5.70. The Bertz CT molecular complexity index is 434. The number of aryl methyl sites for hydroxylation is 1. The van der Waals surface area contributed by atoms with Crippen molar-refractivity contribution < 1.29 is 0 Å². The Balaban J connectivity index is 1.69. The van der Waals surface area contributed by atoms with Gasteiger partial charge in [-0.05, 0) is 55.8 Å². The highest BCUT2D eigenvalue weighted by Gasteiger charge is 2.49. The fourth-order valence-electron chi connectivity index (χ4n) is 5.30. The Hall–Kier alpha value is -0.830. The van der Waals surface area contributed by atoms with Gasteiger partial charge >= 0.3 is 0 Å². The van der Waals surface area contributed by atoms with E-state index in [4.69, 9.17) is 10.7 Å². The van der Waals surface area contributed by atoms with Gasteiger partial charge in [0.1, 0.15) is 5.82 Å². The van der Waals surface area contributed by atoms with Crippen molar-refractivity contribution >= 4 is 0 Å². The zero-order valence-electron chi connectivity index (χ0n) is 11.2. The van der Waals surface area contributed by atoms with Crippen molar-refractivity contribution in [1.29, 1.82) is 0 Å². The standard InChI is InChI=1S/C15H23N3/c1-18-8-13(7-16)17-15(18)14-11-3-9-2-10(5-11)6-12(14)4-9/h8-12,14H,2-7,16H2,1H3. The first-order valence-corrected chi connectivity index (χ1v) is 7.46.